The number of piperazine rings is 1. The van der Waals surface area contributed by atoms with Gasteiger partial charge in [0.25, 0.3) is 0 Å². The summed E-state index contributed by atoms with van der Waals surface area (Å²) >= 11 is 6.02. The van der Waals surface area contributed by atoms with Gasteiger partial charge >= 0.3 is 0 Å². The molecule has 0 saturated carbocycles. The predicted octanol–water partition coefficient (Wildman–Crippen LogP) is 4.41. The fourth-order valence-electron chi connectivity index (χ4n) is 4.15. The summed E-state index contributed by atoms with van der Waals surface area (Å²) < 4.78 is 0. The number of carbonyl (C=O) groups is 2. The Hall–Kier alpha value is -2.37. The molecular formula is C24H28ClN3O2. The van der Waals surface area contributed by atoms with Crippen molar-refractivity contribution in [1.29, 1.82) is 0 Å². The second-order valence-corrected chi connectivity index (χ2v) is 9.87. The fraction of sp³-hybridized carbons (Fsp3) is 0.417. The molecule has 158 valence electrons. The van der Waals surface area contributed by atoms with E-state index in [0.29, 0.717) is 37.6 Å². The highest BCUT2D eigenvalue weighted by atomic mass is 35.5. The van der Waals surface area contributed by atoms with Crippen molar-refractivity contribution in [3.05, 3.63) is 53.1 Å². The van der Waals surface area contributed by atoms with E-state index >= 15 is 0 Å². The summed E-state index contributed by atoms with van der Waals surface area (Å²) in [5.74, 6) is 0.0861. The van der Waals surface area contributed by atoms with Crippen LogP contribution in [0.25, 0.3) is 11.1 Å². The highest BCUT2D eigenvalue weighted by molar-refractivity contribution is 6.30. The molecule has 2 aliphatic heterocycles. The Morgan fingerprint density at radius 2 is 1.80 bits per heavy atom. The number of halogens is 1. The Morgan fingerprint density at radius 3 is 2.50 bits per heavy atom. The number of hydrogen-bond donors (Lipinski definition) is 1. The fourth-order valence-corrected chi connectivity index (χ4v) is 4.28. The molecule has 2 aromatic rings. The van der Waals surface area contributed by atoms with Crippen molar-refractivity contribution in [1.82, 2.24) is 9.80 Å². The Balaban J connectivity index is 1.54. The number of carbonyl (C=O) groups excluding carboxylic acids is 2. The minimum absolute atomic E-state index is 0.0405. The molecule has 1 unspecified atom stereocenters. The number of amides is 2. The van der Waals surface area contributed by atoms with E-state index in [-0.39, 0.29) is 23.3 Å². The van der Waals surface area contributed by atoms with Crippen LogP contribution in [0, 0.1) is 5.41 Å². The van der Waals surface area contributed by atoms with Crippen molar-refractivity contribution in [2.75, 3.05) is 25.0 Å². The second-order valence-electron chi connectivity index (χ2n) is 9.43. The van der Waals surface area contributed by atoms with Crippen molar-refractivity contribution in [2.24, 2.45) is 5.41 Å². The molecule has 1 fully saturated rings. The summed E-state index contributed by atoms with van der Waals surface area (Å²) in [6.07, 6.45) is 0.492. The molecule has 6 heteroatoms. The zero-order valence-electron chi connectivity index (χ0n) is 17.7. The van der Waals surface area contributed by atoms with Gasteiger partial charge in [-0.15, -0.1) is 0 Å². The first-order valence-corrected chi connectivity index (χ1v) is 10.8. The molecule has 1 atom stereocenters. The molecule has 4 rings (SSSR count). The summed E-state index contributed by atoms with van der Waals surface area (Å²) in [5.41, 5.74) is 4.06. The molecule has 2 amide bonds. The van der Waals surface area contributed by atoms with Crippen molar-refractivity contribution >= 4 is 29.1 Å². The van der Waals surface area contributed by atoms with E-state index in [2.05, 4.69) is 37.1 Å². The first-order valence-electron chi connectivity index (χ1n) is 10.4. The molecule has 2 aliphatic rings. The monoisotopic (exact) mass is 425 g/mol. The number of nitrogens with zero attached hydrogens (tertiary/aromatic N) is 2. The van der Waals surface area contributed by atoms with Crippen LogP contribution >= 0.6 is 11.6 Å². The number of benzene rings is 2. The Morgan fingerprint density at radius 1 is 1.10 bits per heavy atom. The zero-order chi connectivity index (χ0) is 21.5. The SMILES string of the molecule is CC(C)(C)CC(=O)N1CCN2Cc3cc(-c4ccc(Cl)cc4)ccc3NC(=O)C2C1. The van der Waals surface area contributed by atoms with Gasteiger partial charge in [0, 0.05) is 43.3 Å². The maximum Gasteiger partial charge on any atom is 0.243 e. The third-order valence-electron chi connectivity index (χ3n) is 5.74. The number of rotatable bonds is 2. The average molecular weight is 426 g/mol. The smallest absolute Gasteiger partial charge is 0.243 e. The molecule has 2 heterocycles. The second kappa shape index (κ2) is 8.05. The quantitative estimate of drug-likeness (QED) is 0.775. The number of nitrogens with one attached hydrogen (secondary N) is 1. The average Bonchev–Trinajstić information content (AvgIpc) is 2.82. The first kappa shape index (κ1) is 20.9. The van der Waals surface area contributed by atoms with Crippen molar-refractivity contribution in [3.63, 3.8) is 0 Å². The normalized spacial score (nSPS) is 19.5. The molecule has 0 aliphatic carbocycles. The highest BCUT2D eigenvalue weighted by Crippen LogP contribution is 2.31. The van der Waals surface area contributed by atoms with Crippen LogP contribution in [0.2, 0.25) is 5.02 Å². The van der Waals surface area contributed by atoms with Gasteiger partial charge in [0.2, 0.25) is 11.8 Å². The molecule has 0 bridgehead atoms. The van der Waals surface area contributed by atoms with E-state index in [1.54, 1.807) is 0 Å². The zero-order valence-corrected chi connectivity index (χ0v) is 18.5. The summed E-state index contributed by atoms with van der Waals surface area (Å²) in [6, 6.07) is 13.6. The number of anilines is 1. The Bertz CT molecular complexity index is 965. The lowest BCUT2D eigenvalue weighted by molar-refractivity contribution is -0.138. The topological polar surface area (TPSA) is 52.7 Å². The molecular weight excluding hydrogens is 398 g/mol. The predicted molar refractivity (Wildman–Crippen MR) is 120 cm³/mol. The van der Waals surface area contributed by atoms with Crippen molar-refractivity contribution in [2.45, 2.75) is 39.8 Å². The third-order valence-corrected chi connectivity index (χ3v) is 5.99. The van der Waals surface area contributed by atoms with Gasteiger partial charge in [0.1, 0.15) is 6.04 Å². The Kier molecular flexibility index (Phi) is 5.60. The van der Waals surface area contributed by atoms with Gasteiger partial charge in [-0.3, -0.25) is 14.5 Å². The summed E-state index contributed by atoms with van der Waals surface area (Å²) in [6.45, 7) is 8.67. The van der Waals surface area contributed by atoms with Crippen LogP contribution in [0.5, 0.6) is 0 Å². The maximum absolute atomic E-state index is 13.0. The van der Waals surface area contributed by atoms with Crippen LogP contribution in [0.4, 0.5) is 5.69 Å². The van der Waals surface area contributed by atoms with Gasteiger partial charge in [0.15, 0.2) is 0 Å². The lowest BCUT2D eigenvalue weighted by Crippen LogP contribution is -2.57. The van der Waals surface area contributed by atoms with Gasteiger partial charge < -0.3 is 10.2 Å². The van der Waals surface area contributed by atoms with Crippen LogP contribution in [0.1, 0.15) is 32.8 Å². The molecule has 0 radical (unpaired) electrons. The molecule has 0 aromatic heterocycles. The molecule has 30 heavy (non-hydrogen) atoms. The largest absolute Gasteiger partial charge is 0.339 e. The van der Waals surface area contributed by atoms with E-state index < -0.39 is 0 Å². The van der Waals surface area contributed by atoms with E-state index in [1.807, 2.05) is 41.3 Å². The van der Waals surface area contributed by atoms with Gasteiger partial charge in [-0.1, -0.05) is 50.6 Å². The highest BCUT2D eigenvalue weighted by Gasteiger charge is 2.37. The minimum atomic E-state index is -0.325. The lowest BCUT2D eigenvalue weighted by Gasteiger charge is -2.40. The van der Waals surface area contributed by atoms with Crippen molar-refractivity contribution in [3.8, 4) is 11.1 Å². The van der Waals surface area contributed by atoms with Crippen LogP contribution in [0.3, 0.4) is 0 Å². The van der Waals surface area contributed by atoms with Gasteiger partial charge in [-0.05, 0) is 46.4 Å². The third kappa shape index (κ3) is 4.52. The standard InChI is InChI=1S/C24H28ClN3O2/c1-24(2,3)13-22(29)28-11-10-27-14-18-12-17(16-4-7-19(25)8-5-16)6-9-20(18)26-23(30)21(27)15-28/h4-9,12,21H,10-11,13-15H2,1-3H3,(H,26,30). The summed E-state index contributed by atoms with van der Waals surface area (Å²) in [4.78, 5) is 29.7. The van der Waals surface area contributed by atoms with Crippen LogP contribution in [-0.2, 0) is 16.1 Å². The van der Waals surface area contributed by atoms with Crippen LogP contribution in [0.15, 0.2) is 42.5 Å². The van der Waals surface area contributed by atoms with Crippen molar-refractivity contribution < 1.29 is 9.59 Å². The van der Waals surface area contributed by atoms with E-state index in [1.165, 1.54) is 0 Å². The van der Waals surface area contributed by atoms with Crippen LogP contribution < -0.4 is 5.32 Å². The van der Waals surface area contributed by atoms with Crippen LogP contribution in [-0.4, -0.2) is 47.3 Å². The van der Waals surface area contributed by atoms with E-state index in [0.717, 1.165) is 22.4 Å². The first-order chi connectivity index (χ1) is 14.2. The van der Waals surface area contributed by atoms with Gasteiger partial charge in [-0.25, -0.2) is 0 Å². The molecule has 0 spiro atoms. The summed E-state index contributed by atoms with van der Waals surface area (Å²) in [5, 5.41) is 3.79. The number of fused-ring (bicyclic) bond motifs is 2. The lowest BCUT2D eigenvalue weighted by atomic mass is 9.91. The van der Waals surface area contributed by atoms with E-state index in [4.69, 9.17) is 11.6 Å². The maximum atomic E-state index is 13.0. The van der Waals surface area contributed by atoms with E-state index in [9.17, 15) is 9.59 Å². The molecule has 5 nitrogen and oxygen atoms in total. The molecule has 2 aromatic carbocycles. The minimum Gasteiger partial charge on any atom is -0.339 e. The molecule has 1 saturated heterocycles. The molecule has 1 N–H and O–H groups in total. The van der Waals surface area contributed by atoms with Gasteiger partial charge in [0.05, 0.1) is 0 Å². The Labute approximate surface area is 183 Å². The number of hydrogen-bond acceptors (Lipinski definition) is 3. The summed E-state index contributed by atoms with van der Waals surface area (Å²) in [7, 11) is 0. The van der Waals surface area contributed by atoms with Gasteiger partial charge in [-0.2, -0.15) is 0 Å².